The number of benzene rings is 1. The summed E-state index contributed by atoms with van der Waals surface area (Å²) >= 11 is 0. The van der Waals surface area contributed by atoms with Gasteiger partial charge in [-0.3, -0.25) is 19.3 Å². The Balaban J connectivity index is 2.17. The number of fused-ring (bicyclic) bond motifs is 1. The van der Waals surface area contributed by atoms with Crippen LogP contribution in [0, 0.1) is 5.92 Å². The fourth-order valence-electron chi connectivity index (χ4n) is 2.34. The van der Waals surface area contributed by atoms with E-state index in [0.717, 1.165) is 0 Å². The number of imide groups is 1. The molecule has 0 radical (unpaired) electrons. The molecular weight excluding hydrogens is 300 g/mol. The highest BCUT2D eigenvalue weighted by atomic mass is 16.4. The molecule has 0 aromatic heterocycles. The van der Waals surface area contributed by atoms with E-state index in [-0.39, 0.29) is 41.5 Å². The van der Waals surface area contributed by atoms with Crippen molar-refractivity contribution in [3.05, 3.63) is 34.9 Å². The molecule has 3 amide bonds. The quantitative estimate of drug-likeness (QED) is 0.732. The molecule has 0 aliphatic carbocycles. The van der Waals surface area contributed by atoms with Crippen molar-refractivity contribution in [2.24, 2.45) is 5.92 Å². The summed E-state index contributed by atoms with van der Waals surface area (Å²) < 4.78 is 0. The van der Waals surface area contributed by atoms with E-state index in [0.29, 0.717) is 6.54 Å². The van der Waals surface area contributed by atoms with Gasteiger partial charge in [0.2, 0.25) is 0 Å². The highest BCUT2D eigenvalue weighted by Gasteiger charge is 2.36. The maximum Gasteiger partial charge on any atom is 0.261 e. The predicted molar refractivity (Wildman–Crippen MR) is 78.6 cm³/mol. The van der Waals surface area contributed by atoms with Crippen LogP contribution in [0.2, 0.25) is 0 Å². The number of rotatable bonds is 6. The van der Waals surface area contributed by atoms with Gasteiger partial charge in [0.15, 0.2) is 0 Å². The number of hydrogen-bond acceptors (Lipinski definition) is 5. The van der Waals surface area contributed by atoms with Gasteiger partial charge in [-0.1, -0.05) is 13.8 Å². The molecule has 122 valence electrons. The minimum atomic E-state index is -1.26. The van der Waals surface area contributed by atoms with Crippen LogP contribution in [-0.4, -0.2) is 41.7 Å². The van der Waals surface area contributed by atoms with Gasteiger partial charge in [-0.2, -0.15) is 0 Å². The molecule has 0 spiro atoms. The molecule has 1 aromatic carbocycles. The van der Waals surface area contributed by atoms with Crippen LogP contribution in [0.1, 0.15) is 51.3 Å². The molecule has 7 heteroatoms. The van der Waals surface area contributed by atoms with Gasteiger partial charge in [0.1, 0.15) is 0 Å². The van der Waals surface area contributed by atoms with E-state index in [2.05, 4.69) is 5.32 Å². The normalized spacial score (nSPS) is 13.4. The van der Waals surface area contributed by atoms with E-state index < -0.39 is 17.8 Å². The first kappa shape index (κ1) is 16.7. The first-order chi connectivity index (χ1) is 10.8. The maximum atomic E-state index is 12.3. The third-order valence-corrected chi connectivity index (χ3v) is 3.40. The Hall–Kier alpha value is -2.70. The van der Waals surface area contributed by atoms with Crippen LogP contribution in [0.4, 0.5) is 0 Å². The lowest BCUT2D eigenvalue weighted by molar-refractivity contribution is -0.305. The van der Waals surface area contributed by atoms with Crippen molar-refractivity contribution in [2.75, 3.05) is 13.1 Å². The molecule has 7 nitrogen and oxygen atoms in total. The lowest BCUT2D eigenvalue weighted by Crippen LogP contribution is -2.33. The number of nitrogens with one attached hydrogen (secondary N) is 1. The Morgan fingerprint density at radius 1 is 1.17 bits per heavy atom. The van der Waals surface area contributed by atoms with E-state index in [1.807, 2.05) is 13.8 Å². The molecule has 1 aromatic rings. The monoisotopic (exact) mass is 317 g/mol. The van der Waals surface area contributed by atoms with Crippen LogP contribution in [0.3, 0.4) is 0 Å². The van der Waals surface area contributed by atoms with Crippen LogP contribution in [-0.2, 0) is 4.79 Å². The molecule has 1 heterocycles. The van der Waals surface area contributed by atoms with Gasteiger partial charge >= 0.3 is 0 Å². The summed E-state index contributed by atoms with van der Waals surface area (Å²) in [6, 6.07) is 4.25. The fourth-order valence-corrected chi connectivity index (χ4v) is 2.34. The summed E-state index contributed by atoms with van der Waals surface area (Å²) in [6.07, 6.45) is -0.295. The predicted octanol–water partition coefficient (Wildman–Crippen LogP) is -0.192. The minimum Gasteiger partial charge on any atom is -0.550 e. The first-order valence-electron chi connectivity index (χ1n) is 7.29. The Morgan fingerprint density at radius 3 is 2.43 bits per heavy atom. The molecule has 2 rings (SSSR count). The molecule has 1 aliphatic heterocycles. The number of amides is 3. The number of carboxylic acids is 1. The van der Waals surface area contributed by atoms with Gasteiger partial charge < -0.3 is 15.2 Å². The van der Waals surface area contributed by atoms with Gasteiger partial charge in [0.05, 0.1) is 11.1 Å². The molecule has 1 N–H and O–H groups in total. The second kappa shape index (κ2) is 6.60. The highest BCUT2D eigenvalue weighted by Crippen LogP contribution is 2.24. The van der Waals surface area contributed by atoms with Crippen LogP contribution >= 0.6 is 0 Å². The average Bonchev–Trinajstić information content (AvgIpc) is 2.71. The molecule has 0 fully saturated rings. The van der Waals surface area contributed by atoms with E-state index in [1.165, 1.54) is 23.1 Å². The zero-order chi connectivity index (χ0) is 17.1. The van der Waals surface area contributed by atoms with Gasteiger partial charge in [-0.25, -0.2) is 0 Å². The molecule has 0 unspecified atom stereocenters. The van der Waals surface area contributed by atoms with E-state index in [4.69, 9.17) is 0 Å². The molecule has 0 bridgehead atoms. The average molecular weight is 317 g/mol. The third-order valence-electron chi connectivity index (χ3n) is 3.40. The molecule has 0 saturated heterocycles. The molecule has 1 aliphatic rings. The largest absolute Gasteiger partial charge is 0.550 e. The lowest BCUT2D eigenvalue weighted by atomic mass is 10.1. The summed E-state index contributed by atoms with van der Waals surface area (Å²) in [5.74, 6) is -2.39. The van der Waals surface area contributed by atoms with Crippen molar-refractivity contribution in [1.29, 1.82) is 0 Å². The Bertz CT molecular complexity index is 681. The van der Waals surface area contributed by atoms with Crippen molar-refractivity contribution in [2.45, 2.75) is 20.3 Å². The van der Waals surface area contributed by atoms with Crippen molar-refractivity contribution in [3.8, 4) is 0 Å². The summed E-state index contributed by atoms with van der Waals surface area (Å²) in [5, 5.41) is 12.7. The van der Waals surface area contributed by atoms with Crippen LogP contribution in [0.5, 0.6) is 0 Å². The number of carboxylic acid groups (broad SMARTS) is 1. The van der Waals surface area contributed by atoms with Gasteiger partial charge in [0, 0.05) is 31.0 Å². The first-order valence-corrected chi connectivity index (χ1v) is 7.29. The van der Waals surface area contributed by atoms with Crippen molar-refractivity contribution < 1.29 is 24.3 Å². The Kier molecular flexibility index (Phi) is 4.78. The summed E-state index contributed by atoms with van der Waals surface area (Å²) in [7, 11) is 0. The van der Waals surface area contributed by atoms with E-state index in [9.17, 15) is 24.3 Å². The van der Waals surface area contributed by atoms with Crippen LogP contribution in [0.25, 0.3) is 0 Å². The zero-order valence-electron chi connectivity index (χ0n) is 12.9. The molecule has 0 atom stereocenters. The third kappa shape index (κ3) is 3.56. The van der Waals surface area contributed by atoms with Gasteiger partial charge in [-0.15, -0.1) is 0 Å². The maximum absolute atomic E-state index is 12.3. The van der Waals surface area contributed by atoms with Crippen LogP contribution < -0.4 is 10.4 Å². The Labute approximate surface area is 133 Å². The second-order valence-electron chi connectivity index (χ2n) is 5.75. The number of nitrogens with zero attached hydrogens (tertiary/aromatic N) is 1. The molecule has 23 heavy (non-hydrogen) atoms. The standard InChI is InChI=1S/C16H18N2O5/c1-9(2)8-18-15(22)11-4-3-10(7-12(11)16(18)23)14(21)17-6-5-13(19)20/h3-4,7,9H,5-6,8H2,1-2H3,(H,17,21)(H,19,20)/p-1. The molecule has 0 saturated carbocycles. The van der Waals surface area contributed by atoms with Crippen molar-refractivity contribution in [3.63, 3.8) is 0 Å². The number of carbonyl (C=O) groups excluding carboxylic acids is 4. The van der Waals surface area contributed by atoms with Crippen molar-refractivity contribution >= 4 is 23.7 Å². The lowest BCUT2D eigenvalue weighted by Gasteiger charge is -2.15. The second-order valence-corrected chi connectivity index (χ2v) is 5.75. The van der Waals surface area contributed by atoms with Crippen LogP contribution in [0.15, 0.2) is 18.2 Å². The minimum absolute atomic E-state index is 0.0649. The summed E-state index contributed by atoms with van der Waals surface area (Å²) in [4.78, 5) is 47.9. The van der Waals surface area contributed by atoms with Gasteiger partial charge in [-0.05, 0) is 24.1 Å². The van der Waals surface area contributed by atoms with E-state index >= 15 is 0 Å². The summed E-state index contributed by atoms with van der Waals surface area (Å²) in [6.45, 7) is 4.06. The number of hydrogen-bond donors (Lipinski definition) is 1. The Morgan fingerprint density at radius 2 is 1.83 bits per heavy atom. The molecular formula is C16H17N2O5-. The highest BCUT2D eigenvalue weighted by molar-refractivity contribution is 6.22. The zero-order valence-corrected chi connectivity index (χ0v) is 12.9. The van der Waals surface area contributed by atoms with Gasteiger partial charge in [0.25, 0.3) is 17.7 Å². The summed E-state index contributed by atoms with van der Waals surface area (Å²) in [5.41, 5.74) is 0.680. The van der Waals surface area contributed by atoms with Crippen molar-refractivity contribution in [1.82, 2.24) is 10.2 Å². The van der Waals surface area contributed by atoms with E-state index in [1.54, 1.807) is 0 Å². The topological polar surface area (TPSA) is 107 Å². The number of aliphatic carboxylic acids is 1. The fraction of sp³-hybridized carbons (Fsp3) is 0.375. The number of carbonyl (C=O) groups is 4. The smallest absolute Gasteiger partial charge is 0.261 e. The SMILES string of the molecule is CC(C)CN1C(=O)c2ccc(C(=O)NCCC(=O)[O-])cc2C1=O.